The summed E-state index contributed by atoms with van der Waals surface area (Å²) < 4.78 is 21.6. The van der Waals surface area contributed by atoms with Crippen LogP contribution >= 0.6 is 11.6 Å². The number of hydrogen-bond acceptors (Lipinski definition) is 2. The Morgan fingerprint density at radius 1 is 1.00 bits per heavy atom. The van der Waals surface area contributed by atoms with E-state index in [9.17, 15) is 8.42 Å². The lowest BCUT2D eigenvalue weighted by Crippen LogP contribution is -2.11. The molecule has 0 unspecified atom stereocenters. The Kier molecular flexibility index (Phi) is 5.76. The molecule has 3 nitrogen and oxygen atoms in total. The van der Waals surface area contributed by atoms with Crippen LogP contribution in [0.3, 0.4) is 0 Å². The summed E-state index contributed by atoms with van der Waals surface area (Å²) in [6, 6.07) is 15.6. The number of primary sulfonamides is 1. The molecule has 0 amide bonds. The van der Waals surface area contributed by atoms with E-state index < -0.39 is 10.0 Å². The molecule has 0 atom stereocenters. The number of benzene rings is 2. The molecule has 0 aromatic heterocycles. The van der Waals surface area contributed by atoms with Gasteiger partial charge in [0.15, 0.2) is 0 Å². The zero-order chi connectivity index (χ0) is 14.3. The zero-order valence-corrected chi connectivity index (χ0v) is 11.7. The third-order valence-electron chi connectivity index (χ3n) is 2.18. The summed E-state index contributed by atoms with van der Waals surface area (Å²) in [4.78, 5) is 0.119. The maximum Gasteiger partial charge on any atom is 0.238 e. The average molecular weight is 296 g/mol. The maximum atomic E-state index is 10.8. The number of nitrogens with two attached hydrogens (primary N) is 1. The molecule has 0 aliphatic rings. The standard InChI is InChI=1S/C8H9NO2S.C6H5Cl/c1-2-7-3-5-8(6-4-7)12(9,10)11;7-6-4-2-1-3-5-6/h2-6H,1H2,(H2,9,10,11);1-5H. The molecule has 0 heterocycles. The molecule has 2 N–H and O–H groups in total. The van der Waals surface area contributed by atoms with Crippen LogP contribution in [0.1, 0.15) is 5.56 Å². The molecular formula is C14H14ClNO2S. The quantitative estimate of drug-likeness (QED) is 0.924. The summed E-state index contributed by atoms with van der Waals surface area (Å²) in [5.41, 5.74) is 0.863. The second-order valence-electron chi connectivity index (χ2n) is 3.61. The van der Waals surface area contributed by atoms with Crippen molar-refractivity contribution in [1.29, 1.82) is 0 Å². The molecule has 0 radical (unpaired) electrons. The Morgan fingerprint density at radius 3 is 1.84 bits per heavy atom. The van der Waals surface area contributed by atoms with Crippen LogP contribution in [0.4, 0.5) is 0 Å². The fourth-order valence-electron chi connectivity index (χ4n) is 1.21. The molecule has 100 valence electrons. The first-order chi connectivity index (χ1) is 8.93. The fraction of sp³-hybridized carbons (Fsp3) is 0. The molecule has 2 rings (SSSR count). The predicted octanol–water partition coefficient (Wildman–Crippen LogP) is 3.32. The van der Waals surface area contributed by atoms with Crippen molar-refractivity contribution in [2.24, 2.45) is 5.14 Å². The van der Waals surface area contributed by atoms with Gasteiger partial charge in [0.2, 0.25) is 10.0 Å². The van der Waals surface area contributed by atoms with Gasteiger partial charge in [-0.1, -0.05) is 54.6 Å². The molecule has 0 saturated carbocycles. The second-order valence-corrected chi connectivity index (χ2v) is 5.61. The normalized spacial score (nSPS) is 10.2. The van der Waals surface area contributed by atoms with Gasteiger partial charge in [-0.05, 0) is 29.8 Å². The highest BCUT2D eigenvalue weighted by Gasteiger charge is 2.05. The Morgan fingerprint density at radius 2 is 1.53 bits per heavy atom. The minimum Gasteiger partial charge on any atom is -0.225 e. The van der Waals surface area contributed by atoms with Crippen molar-refractivity contribution < 1.29 is 8.42 Å². The number of sulfonamides is 1. The SMILES string of the molecule is C=Cc1ccc(S(N)(=O)=O)cc1.Clc1ccccc1. The van der Waals surface area contributed by atoms with Crippen LogP contribution in [-0.4, -0.2) is 8.42 Å². The van der Waals surface area contributed by atoms with Crippen LogP contribution in [0, 0.1) is 0 Å². The van der Waals surface area contributed by atoms with Crippen molar-refractivity contribution in [3.05, 3.63) is 71.8 Å². The summed E-state index contributed by atoms with van der Waals surface area (Å²) in [7, 11) is -3.56. The van der Waals surface area contributed by atoms with Gasteiger partial charge < -0.3 is 0 Å². The van der Waals surface area contributed by atoms with Gasteiger partial charge in [0.25, 0.3) is 0 Å². The van der Waals surface area contributed by atoms with Gasteiger partial charge in [-0.15, -0.1) is 0 Å². The topological polar surface area (TPSA) is 60.2 Å². The van der Waals surface area contributed by atoms with Crippen LogP contribution in [0.5, 0.6) is 0 Å². The lowest BCUT2D eigenvalue weighted by molar-refractivity contribution is 0.598. The van der Waals surface area contributed by atoms with Crippen LogP contribution in [0.2, 0.25) is 5.02 Å². The third-order valence-corrected chi connectivity index (χ3v) is 3.36. The van der Waals surface area contributed by atoms with Crippen molar-refractivity contribution in [1.82, 2.24) is 0 Å². The first-order valence-electron chi connectivity index (χ1n) is 5.39. The highest BCUT2D eigenvalue weighted by atomic mass is 35.5. The second kappa shape index (κ2) is 7.09. The van der Waals surface area contributed by atoms with Crippen LogP contribution in [0.25, 0.3) is 6.08 Å². The van der Waals surface area contributed by atoms with Gasteiger partial charge in [0.1, 0.15) is 0 Å². The van der Waals surface area contributed by atoms with Gasteiger partial charge >= 0.3 is 0 Å². The van der Waals surface area contributed by atoms with E-state index in [2.05, 4.69) is 6.58 Å². The third kappa shape index (κ3) is 5.70. The molecule has 2 aromatic carbocycles. The summed E-state index contributed by atoms with van der Waals surface area (Å²) >= 11 is 5.54. The Balaban J connectivity index is 0.000000218. The summed E-state index contributed by atoms with van der Waals surface area (Å²) in [6.45, 7) is 3.54. The number of hydrogen-bond donors (Lipinski definition) is 1. The average Bonchev–Trinajstić information content (AvgIpc) is 2.39. The number of halogens is 1. The van der Waals surface area contributed by atoms with E-state index in [0.717, 1.165) is 10.6 Å². The van der Waals surface area contributed by atoms with Crippen molar-refractivity contribution in [2.45, 2.75) is 4.90 Å². The molecule has 2 aromatic rings. The smallest absolute Gasteiger partial charge is 0.225 e. The first-order valence-corrected chi connectivity index (χ1v) is 7.32. The van der Waals surface area contributed by atoms with E-state index in [-0.39, 0.29) is 4.90 Å². The molecule has 0 aliphatic heterocycles. The van der Waals surface area contributed by atoms with E-state index in [4.69, 9.17) is 16.7 Å². The van der Waals surface area contributed by atoms with Gasteiger partial charge in [-0.3, -0.25) is 0 Å². The molecule has 0 aliphatic carbocycles. The fourth-order valence-corrected chi connectivity index (χ4v) is 1.87. The lowest BCUT2D eigenvalue weighted by atomic mass is 10.2. The van der Waals surface area contributed by atoms with Crippen LogP contribution < -0.4 is 5.14 Å². The molecule has 0 bridgehead atoms. The van der Waals surface area contributed by atoms with Crippen LogP contribution in [0.15, 0.2) is 66.1 Å². The monoisotopic (exact) mass is 295 g/mol. The van der Waals surface area contributed by atoms with Crippen molar-refractivity contribution in [3.63, 3.8) is 0 Å². The molecule has 5 heteroatoms. The maximum absolute atomic E-state index is 10.8. The molecule has 0 saturated heterocycles. The largest absolute Gasteiger partial charge is 0.238 e. The first kappa shape index (κ1) is 15.4. The van der Waals surface area contributed by atoms with Gasteiger partial charge in [0.05, 0.1) is 4.90 Å². The predicted molar refractivity (Wildman–Crippen MR) is 79.4 cm³/mol. The van der Waals surface area contributed by atoms with E-state index in [0.29, 0.717) is 0 Å². The van der Waals surface area contributed by atoms with Crippen molar-refractivity contribution in [2.75, 3.05) is 0 Å². The van der Waals surface area contributed by atoms with E-state index in [1.165, 1.54) is 12.1 Å². The molecular weight excluding hydrogens is 282 g/mol. The highest BCUT2D eigenvalue weighted by Crippen LogP contribution is 2.08. The van der Waals surface area contributed by atoms with Crippen LogP contribution in [-0.2, 0) is 10.0 Å². The zero-order valence-electron chi connectivity index (χ0n) is 10.2. The van der Waals surface area contributed by atoms with E-state index in [1.807, 2.05) is 30.3 Å². The Hall–Kier alpha value is -1.62. The molecule has 19 heavy (non-hydrogen) atoms. The van der Waals surface area contributed by atoms with Crippen molar-refractivity contribution in [3.8, 4) is 0 Å². The summed E-state index contributed by atoms with van der Waals surface area (Å²) in [6.07, 6.45) is 1.63. The molecule has 0 spiro atoms. The minimum atomic E-state index is -3.56. The summed E-state index contributed by atoms with van der Waals surface area (Å²) in [5.74, 6) is 0. The van der Waals surface area contributed by atoms with Gasteiger partial charge in [0, 0.05) is 5.02 Å². The van der Waals surface area contributed by atoms with E-state index in [1.54, 1.807) is 18.2 Å². The highest BCUT2D eigenvalue weighted by molar-refractivity contribution is 7.89. The van der Waals surface area contributed by atoms with Crippen molar-refractivity contribution >= 4 is 27.7 Å². The van der Waals surface area contributed by atoms with Gasteiger partial charge in [-0.2, -0.15) is 0 Å². The van der Waals surface area contributed by atoms with Gasteiger partial charge in [-0.25, -0.2) is 13.6 Å². The number of rotatable bonds is 2. The minimum absolute atomic E-state index is 0.119. The molecule has 0 fully saturated rings. The Bertz CT molecular complexity index is 622. The van der Waals surface area contributed by atoms with E-state index >= 15 is 0 Å². The Labute approximate surface area is 118 Å². The summed E-state index contributed by atoms with van der Waals surface area (Å²) in [5, 5.41) is 5.69. The lowest BCUT2D eigenvalue weighted by Gasteiger charge is -1.97.